The highest BCUT2D eigenvalue weighted by molar-refractivity contribution is 7.81. The lowest BCUT2D eigenvalue weighted by molar-refractivity contribution is -0.174. The predicted molar refractivity (Wildman–Crippen MR) is 82.6 cm³/mol. The lowest BCUT2D eigenvalue weighted by Crippen LogP contribution is -2.25. The highest BCUT2D eigenvalue weighted by Gasteiger charge is 2.18. The van der Waals surface area contributed by atoms with Gasteiger partial charge in [-0.2, -0.15) is 12.6 Å². The van der Waals surface area contributed by atoms with Crippen LogP contribution < -0.4 is 0 Å². The van der Waals surface area contributed by atoms with Gasteiger partial charge in [0.1, 0.15) is 0 Å². The molecule has 0 aromatic rings. The fourth-order valence-corrected chi connectivity index (χ4v) is 1.93. The van der Waals surface area contributed by atoms with E-state index in [1.807, 2.05) is 6.92 Å². The van der Waals surface area contributed by atoms with Gasteiger partial charge in [0, 0.05) is 13.5 Å². The molecule has 0 spiro atoms. The second-order valence-corrected chi connectivity index (χ2v) is 5.56. The highest BCUT2D eigenvalue weighted by Crippen LogP contribution is 2.13. The van der Waals surface area contributed by atoms with Crippen molar-refractivity contribution in [1.82, 2.24) is 0 Å². The van der Waals surface area contributed by atoms with E-state index in [9.17, 15) is 4.79 Å². The lowest BCUT2D eigenvalue weighted by Gasteiger charge is -2.17. The number of carbonyl (C=O) groups excluding carboxylic acids is 1. The molecule has 4 heteroatoms. The summed E-state index contributed by atoms with van der Waals surface area (Å²) >= 11 is 4.17. The second-order valence-electron chi connectivity index (χ2n) is 4.94. The molecule has 0 bridgehead atoms. The van der Waals surface area contributed by atoms with Gasteiger partial charge in [-0.25, -0.2) is 0 Å². The zero-order chi connectivity index (χ0) is 14.5. The molecule has 0 aliphatic rings. The Bertz CT molecular complexity index is 221. The van der Waals surface area contributed by atoms with Gasteiger partial charge in [-0.05, 0) is 12.8 Å². The minimum absolute atomic E-state index is 0.277. The van der Waals surface area contributed by atoms with Crippen LogP contribution in [0.4, 0.5) is 0 Å². The largest absolute Gasteiger partial charge is 0.435 e. The van der Waals surface area contributed by atoms with Gasteiger partial charge >= 0.3 is 5.97 Å². The number of methoxy groups -OCH3 is 1. The van der Waals surface area contributed by atoms with Crippen LogP contribution in [0, 0.1) is 0 Å². The summed E-state index contributed by atoms with van der Waals surface area (Å²) < 4.78 is 10.4. The van der Waals surface area contributed by atoms with E-state index in [2.05, 4.69) is 19.6 Å². The first-order valence-corrected chi connectivity index (χ1v) is 8.08. The number of rotatable bonds is 12. The molecule has 0 aromatic heterocycles. The summed E-state index contributed by atoms with van der Waals surface area (Å²) in [6.45, 7) is 4.14. The zero-order valence-electron chi connectivity index (χ0n) is 12.7. The van der Waals surface area contributed by atoms with Gasteiger partial charge in [0.25, 0.3) is 0 Å². The average molecular weight is 290 g/mol. The maximum absolute atomic E-state index is 11.6. The molecule has 2 atom stereocenters. The van der Waals surface area contributed by atoms with Crippen LogP contribution in [0.25, 0.3) is 0 Å². The summed E-state index contributed by atoms with van der Waals surface area (Å²) in [5, 5.41) is -0.341. The molecule has 0 N–H and O–H groups in total. The van der Waals surface area contributed by atoms with Gasteiger partial charge in [-0.3, -0.25) is 4.79 Å². The van der Waals surface area contributed by atoms with E-state index in [0.29, 0.717) is 6.42 Å². The van der Waals surface area contributed by atoms with Gasteiger partial charge in [0.05, 0.1) is 5.25 Å². The lowest BCUT2D eigenvalue weighted by atomic mass is 10.1. The van der Waals surface area contributed by atoms with E-state index in [1.54, 1.807) is 7.11 Å². The first-order chi connectivity index (χ1) is 9.15. The van der Waals surface area contributed by atoms with Crippen LogP contribution >= 0.6 is 12.6 Å². The van der Waals surface area contributed by atoms with Crippen LogP contribution in [0.15, 0.2) is 0 Å². The molecule has 0 aliphatic carbocycles. The number of ether oxygens (including phenoxy) is 2. The maximum atomic E-state index is 11.6. The van der Waals surface area contributed by atoms with Gasteiger partial charge < -0.3 is 9.47 Å². The van der Waals surface area contributed by atoms with Crippen molar-refractivity contribution in [2.75, 3.05) is 7.11 Å². The van der Waals surface area contributed by atoms with Gasteiger partial charge in [0.2, 0.25) is 6.29 Å². The van der Waals surface area contributed by atoms with Crippen LogP contribution in [0.1, 0.15) is 71.6 Å². The van der Waals surface area contributed by atoms with Gasteiger partial charge in [0.15, 0.2) is 0 Å². The number of hydrogen-bond donors (Lipinski definition) is 1. The number of carbonyl (C=O) groups is 1. The first-order valence-electron chi connectivity index (χ1n) is 7.57. The van der Waals surface area contributed by atoms with E-state index in [0.717, 1.165) is 12.8 Å². The fraction of sp³-hybridized carbons (Fsp3) is 0.933. The monoisotopic (exact) mass is 290 g/mol. The van der Waals surface area contributed by atoms with Crippen molar-refractivity contribution in [3.8, 4) is 0 Å². The minimum atomic E-state index is -0.413. The van der Waals surface area contributed by atoms with Crippen LogP contribution in [0.3, 0.4) is 0 Å². The highest BCUT2D eigenvalue weighted by atomic mass is 32.1. The quantitative estimate of drug-likeness (QED) is 0.251. The Labute approximate surface area is 123 Å². The molecule has 114 valence electrons. The van der Waals surface area contributed by atoms with Crippen molar-refractivity contribution in [1.29, 1.82) is 0 Å². The third-order valence-electron chi connectivity index (χ3n) is 3.21. The SMILES string of the molecule is CCCCCCCCCC(OC)OC(=O)C(S)CC. The molecule has 0 fully saturated rings. The van der Waals surface area contributed by atoms with Crippen LogP contribution in [0.2, 0.25) is 0 Å². The molecule has 0 rings (SSSR count). The normalized spacial score (nSPS) is 14.1. The Hall–Kier alpha value is -0.220. The minimum Gasteiger partial charge on any atom is -0.435 e. The summed E-state index contributed by atoms with van der Waals surface area (Å²) in [6, 6.07) is 0. The number of unbranched alkanes of at least 4 members (excludes halogenated alkanes) is 6. The first kappa shape index (κ1) is 18.8. The fourth-order valence-electron chi connectivity index (χ4n) is 1.87. The zero-order valence-corrected chi connectivity index (χ0v) is 13.6. The third-order valence-corrected chi connectivity index (χ3v) is 3.79. The molecular formula is C15H30O3S. The van der Waals surface area contributed by atoms with Gasteiger partial charge in [-0.15, -0.1) is 0 Å². The Balaban J connectivity index is 3.62. The van der Waals surface area contributed by atoms with E-state index in [1.165, 1.54) is 38.5 Å². The summed E-state index contributed by atoms with van der Waals surface area (Å²) in [6.07, 6.45) is 9.77. The molecule has 0 heterocycles. The molecule has 0 amide bonds. The van der Waals surface area contributed by atoms with Crippen molar-refractivity contribution >= 4 is 18.6 Å². The summed E-state index contributed by atoms with van der Waals surface area (Å²) in [4.78, 5) is 11.6. The van der Waals surface area contributed by atoms with E-state index >= 15 is 0 Å². The standard InChI is InChI=1S/C15H30O3S/c1-4-6-7-8-9-10-11-12-14(17-3)18-15(16)13(19)5-2/h13-14,19H,4-12H2,1-3H3. The molecule has 2 unspecified atom stereocenters. The Morgan fingerprint density at radius 1 is 1.05 bits per heavy atom. The predicted octanol–water partition coefficient (Wildman–Crippen LogP) is 4.35. The van der Waals surface area contributed by atoms with Crippen molar-refractivity contribution in [2.24, 2.45) is 0 Å². The molecule has 0 saturated heterocycles. The van der Waals surface area contributed by atoms with Crippen LogP contribution in [-0.4, -0.2) is 24.6 Å². The van der Waals surface area contributed by atoms with Crippen molar-refractivity contribution in [3.63, 3.8) is 0 Å². The van der Waals surface area contributed by atoms with E-state index in [-0.39, 0.29) is 11.2 Å². The Morgan fingerprint density at radius 3 is 2.16 bits per heavy atom. The average Bonchev–Trinajstić information content (AvgIpc) is 2.43. The molecule has 0 saturated carbocycles. The molecular weight excluding hydrogens is 260 g/mol. The molecule has 0 aromatic carbocycles. The third kappa shape index (κ3) is 10.3. The topological polar surface area (TPSA) is 35.5 Å². The number of thiol groups is 1. The van der Waals surface area contributed by atoms with Crippen LogP contribution in [0.5, 0.6) is 0 Å². The van der Waals surface area contributed by atoms with Crippen molar-refractivity contribution in [3.05, 3.63) is 0 Å². The maximum Gasteiger partial charge on any atom is 0.321 e. The smallest absolute Gasteiger partial charge is 0.321 e. The Morgan fingerprint density at radius 2 is 1.63 bits per heavy atom. The van der Waals surface area contributed by atoms with Gasteiger partial charge in [-0.1, -0.05) is 52.4 Å². The molecule has 0 aliphatic heterocycles. The van der Waals surface area contributed by atoms with E-state index in [4.69, 9.17) is 9.47 Å². The number of hydrogen-bond acceptors (Lipinski definition) is 4. The molecule has 19 heavy (non-hydrogen) atoms. The Kier molecular flexibility index (Phi) is 12.6. The molecule has 3 nitrogen and oxygen atoms in total. The van der Waals surface area contributed by atoms with E-state index < -0.39 is 6.29 Å². The summed E-state index contributed by atoms with van der Waals surface area (Å²) in [5.74, 6) is -0.277. The second kappa shape index (κ2) is 12.8. The van der Waals surface area contributed by atoms with Crippen molar-refractivity contribution in [2.45, 2.75) is 83.2 Å². The number of esters is 1. The van der Waals surface area contributed by atoms with Crippen molar-refractivity contribution < 1.29 is 14.3 Å². The molecule has 0 radical (unpaired) electrons. The summed E-state index contributed by atoms with van der Waals surface area (Å²) in [5.41, 5.74) is 0. The van der Waals surface area contributed by atoms with Crippen LogP contribution in [-0.2, 0) is 14.3 Å². The summed E-state index contributed by atoms with van der Waals surface area (Å²) in [7, 11) is 1.58.